The smallest absolute Gasteiger partial charge is 0.153 e. The average Bonchev–Trinajstić information content (AvgIpc) is 2.16. The number of carbonyl (C=O) groups is 1. The van der Waals surface area contributed by atoms with Gasteiger partial charge in [0.1, 0.15) is 0 Å². The Morgan fingerprint density at radius 1 is 1.38 bits per heavy atom. The predicted octanol–water partition coefficient (Wildman–Crippen LogP) is 2.48. The molecular weight excluding hydrogens is 198 g/mol. The quantitative estimate of drug-likeness (QED) is 0.826. The molecule has 1 aromatic rings. The Morgan fingerprint density at radius 2 is 2.06 bits per heavy atom. The van der Waals surface area contributed by atoms with Crippen molar-refractivity contribution in [2.24, 2.45) is 11.7 Å². The first-order chi connectivity index (χ1) is 7.49. The first-order valence-corrected chi connectivity index (χ1v) is 5.83. The number of rotatable bonds is 5. The summed E-state index contributed by atoms with van der Waals surface area (Å²) in [4.78, 5) is 11.8. The predicted molar refractivity (Wildman–Crippen MR) is 67.3 cm³/mol. The first kappa shape index (κ1) is 12.9. The van der Waals surface area contributed by atoms with E-state index in [0.717, 1.165) is 12.0 Å². The molecule has 0 heterocycles. The number of hydrogen-bond acceptors (Lipinski definition) is 2. The van der Waals surface area contributed by atoms with Crippen molar-refractivity contribution in [3.63, 3.8) is 0 Å². The Balaban J connectivity index is 2.57. The van der Waals surface area contributed by atoms with Gasteiger partial charge in [0.15, 0.2) is 5.78 Å². The van der Waals surface area contributed by atoms with Gasteiger partial charge < -0.3 is 5.73 Å². The highest BCUT2D eigenvalue weighted by atomic mass is 16.1. The number of carbonyl (C=O) groups excluding carboxylic acids is 1. The normalized spacial score (nSPS) is 12.8. The molecule has 0 bridgehead atoms. The lowest BCUT2D eigenvalue weighted by Gasteiger charge is -2.12. The minimum Gasteiger partial charge on any atom is -0.321 e. The number of Topliss-reactive ketones (excluding diaryl/α,β-unsaturated/α-hetero) is 1. The molecule has 0 fully saturated rings. The van der Waals surface area contributed by atoms with Crippen LogP contribution in [0.3, 0.4) is 0 Å². The summed E-state index contributed by atoms with van der Waals surface area (Å²) in [5, 5.41) is 0. The van der Waals surface area contributed by atoms with Crippen molar-refractivity contribution in [3.05, 3.63) is 35.4 Å². The Kier molecular flexibility index (Phi) is 4.69. The molecule has 88 valence electrons. The van der Waals surface area contributed by atoms with Crippen LogP contribution >= 0.6 is 0 Å². The summed E-state index contributed by atoms with van der Waals surface area (Å²) in [7, 11) is 0. The summed E-state index contributed by atoms with van der Waals surface area (Å²) in [6.45, 7) is 6.20. The van der Waals surface area contributed by atoms with E-state index in [1.54, 1.807) is 0 Å². The minimum absolute atomic E-state index is 0.138. The molecule has 2 heteroatoms. The molecule has 0 aliphatic heterocycles. The highest BCUT2D eigenvalue weighted by Gasteiger charge is 2.15. The Labute approximate surface area is 97.9 Å². The molecule has 0 spiro atoms. The summed E-state index contributed by atoms with van der Waals surface area (Å²) < 4.78 is 0. The summed E-state index contributed by atoms with van der Waals surface area (Å²) in [5.74, 6) is 0.607. The first-order valence-electron chi connectivity index (χ1n) is 5.83. The lowest BCUT2D eigenvalue weighted by molar-refractivity contribution is -0.120. The average molecular weight is 219 g/mol. The molecular formula is C14H21NO. The van der Waals surface area contributed by atoms with Gasteiger partial charge in [-0.2, -0.15) is 0 Å². The van der Waals surface area contributed by atoms with Crippen molar-refractivity contribution in [3.8, 4) is 0 Å². The van der Waals surface area contributed by atoms with E-state index in [-0.39, 0.29) is 11.8 Å². The summed E-state index contributed by atoms with van der Waals surface area (Å²) in [5.41, 5.74) is 8.10. The lowest BCUT2D eigenvalue weighted by Crippen LogP contribution is -2.33. The third kappa shape index (κ3) is 4.15. The van der Waals surface area contributed by atoms with E-state index in [4.69, 9.17) is 5.73 Å². The molecule has 0 aliphatic rings. The van der Waals surface area contributed by atoms with Gasteiger partial charge in [-0.05, 0) is 24.8 Å². The van der Waals surface area contributed by atoms with Crippen molar-refractivity contribution < 1.29 is 4.79 Å². The van der Waals surface area contributed by atoms with Crippen LogP contribution < -0.4 is 5.73 Å². The van der Waals surface area contributed by atoms with Gasteiger partial charge in [-0.25, -0.2) is 0 Å². The molecule has 0 saturated carbocycles. The van der Waals surface area contributed by atoms with Crippen LogP contribution in [0, 0.1) is 12.8 Å². The minimum atomic E-state index is -0.319. The fourth-order valence-corrected chi connectivity index (χ4v) is 1.79. The van der Waals surface area contributed by atoms with E-state index >= 15 is 0 Å². The second kappa shape index (κ2) is 5.80. The van der Waals surface area contributed by atoms with Crippen molar-refractivity contribution in [1.29, 1.82) is 0 Å². The van der Waals surface area contributed by atoms with Crippen LogP contribution in [0.5, 0.6) is 0 Å². The Bertz CT molecular complexity index is 358. The number of hydrogen-bond donors (Lipinski definition) is 1. The maximum Gasteiger partial charge on any atom is 0.153 e. The monoisotopic (exact) mass is 219 g/mol. The summed E-state index contributed by atoms with van der Waals surface area (Å²) >= 11 is 0. The van der Waals surface area contributed by atoms with Gasteiger partial charge in [0.25, 0.3) is 0 Å². The molecule has 1 unspecified atom stereocenters. The largest absolute Gasteiger partial charge is 0.321 e. The Hall–Kier alpha value is -1.15. The van der Waals surface area contributed by atoms with Crippen LogP contribution in [0.2, 0.25) is 0 Å². The van der Waals surface area contributed by atoms with Crippen LogP contribution in [-0.2, 0) is 11.2 Å². The number of nitrogens with two attached hydrogens (primary N) is 1. The van der Waals surface area contributed by atoms with Gasteiger partial charge in [0.05, 0.1) is 6.04 Å². The van der Waals surface area contributed by atoms with E-state index in [2.05, 4.69) is 13.8 Å². The van der Waals surface area contributed by atoms with Gasteiger partial charge in [0.2, 0.25) is 0 Å². The van der Waals surface area contributed by atoms with Crippen LogP contribution in [0.25, 0.3) is 0 Å². The van der Waals surface area contributed by atoms with E-state index in [0.29, 0.717) is 12.3 Å². The van der Waals surface area contributed by atoms with Crippen LogP contribution in [0.15, 0.2) is 24.3 Å². The fraction of sp³-hybridized carbons (Fsp3) is 0.500. The van der Waals surface area contributed by atoms with Crippen LogP contribution in [-0.4, -0.2) is 11.8 Å². The number of ketones is 1. The summed E-state index contributed by atoms with van der Waals surface area (Å²) in [6, 6.07) is 7.71. The van der Waals surface area contributed by atoms with Gasteiger partial charge in [-0.1, -0.05) is 43.7 Å². The Morgan fingerprint density at radius 3 is 2.62 bits per heavy atom. The molecule has 1 rings (SSSR count). The molecule has 0 radical (unpaired) electrons. The molecule has 0 amide bonds. The standard InChI is InChI=1S/C14H21NO/c1-10(2)7-13(15)14(16)9-12-6-4-5-11(3)8-12/h4-6,8,10,13H,7,9,15H2,1-3H3. The lowest BCUT2D eigenvalue weighted by atomic mass is 9.96. The molecule has 0 aliphatic carbocycles. The summed E-state index contributed by atoms with van der Waals surface area (Å²) in [6.07, 6.45) is 1.22. The van der Waals surface area contributed by atoms with Crippen molar-refractivity contribution in [2.45, 2.75) is 39.7 Å². The molecule has 1 aromatic carbocycles. The zero-order chi connectivity index (χ0) is 12.1. The van der Waals surface area contributed by atoms with Crippen LogP contribution in [0.4, 0.5) is 0 Å². The zero-order valence-electron chi connectivity index (χ0n) is 10.4. The van der Waals surface area contributed by atoms with Gasteiger partial charge in [0, 0.05) is 6.42 Å². The maximum absolute atomic E-state index is 11.8. The van der Waals surface area contributed by atoms with E-state index in [1.165, 1.54) is 5.56 Å². The maximum atomic E-state index is 11.8. The van der Waals surface area contributed by atoms with Crippen molar-refractivity contribution in [2.75, 3.05) is 0 Å². The second-order valence-electron chi connectivity index (χ2n) is 4.87. The number of benzene rings is 1. The highest BCUT2D eigenvalue weighted by Crippen LogP contribution is 2.09. The molecule has 0 aromatic heterocycles. The fourth-order valence-electron chi connectivity index (χ4n) is 1.79. The highest BCUT2D eigenvalue weighted by molar-refractivity contribution is 5.85. The molecule has 0 saturated heterocycles. The van der Waals surface area contributed by atoms with Gasteiger partial charge >= 0.3 is 0 Å². The van der Waals surface area contributed by atoms with E-state index < -0.39 is 0 Å². The zero-order valence-corrected chi connectivity index (χ0v) is 10.4. The van der Waals surface area contributed by atoms with E-state index in [1.807, 2.05) is 31.2 Å². The van der Waals surface area contributed by atoms with Crippen molar-refractivity contribution in [1.82, 2.24) is 0 Å². The van der Waals surface area contributed by atoms with Crippen LogP contribution in [0.1, 0.15) is 31.4 Å². The van der Waals surface area contributed by atoms with Gasteiger partial charge in [-0.15, -0.1) is 0 Å². The SMILES string of the molecule is Cc1cccc(CC(=O)C(N)CC(C)C)c1. The van der Waals surface area contributed by atoms with Crippen molar-refractivity contribution >= 4 is 5.78 Å². The van der Waals surface area contributed by atoms with E-state index in [9.17, 15) is 4.79 Å². The third-order valence-corrected chi connectivity index (χ3v) is 2.60. The molecule has 2 N–H and O–H groups in total. The second-order valence-corrected chi connectivity index (χ2v) is 4.87. The van der Waals surface area contributed by atoms with Gasteiger partial charge in [-0.3, -0.25) is 4.79 Å². The third-order valence-electron chi connectivity index (χ3n) is 2.60. The molecule has 16 heavy (non-hydrogen) atoms. The topological polar surface area (TPSA) is 43.1 Å². The number of aryl methyl sites for hydroxylation is 1. The molecule has 2 nitrogen and oxygen atoms in total. The molecule has 1 atom stereocenters.